The van der Waals surface area contributed by atoms with Crippen molar-refractivity contribution in [3.8, 4) is 0 Å². The van der Waals surface area contributed by atoms with Crippen LogP contribution in [0.15, 0.2) is 0 Å². The number of hydrogen-bond acceptors (Lipinski definition) is 3. The molecule has 0 fully saturated rings. The van der Waals surface area contributed by atoms with Crippen molar-refractivity contribution in [3.05, 3.63) is 0 Å². The van der Waals surface area contributed by atoms with Crippen molar-refractivity contribution < 1.29 is 48.5 Å². The Morgan fingerprint density at radius 3 is 1.20 bits per heavy atom. The summed E-state index contributed by atoms with van der Waals surface area (Å²) in [7, 11) is 1.33. The Morgan fingerprint density at radius 1 is 1.20 bits per heavy atom. The van der Waals surface area contributed by atoms with Crippen LogP contribution in [0.3, 0.4) is 0 Å². The molecular weight excluding hydrogens is 169 g/mol. The maximum atomic E-state index is 8.74. The van der Waals surface area contributed by atoms with E-state index in [-0.39, 0.29) is 31.0 Å². The third-order valence-electron chi connectivity index (χ3n) is 0. The second kappa shape index (κ2) is 7.93. The summed E-state index contributed by atoms with van der Waals surface area (Å²) >= 11 is 0. The molecule has 0 aromatic rings. The van der Waals surface area contributed by atoms with Gasteiger partial charge in [0.15, 0.2) is 0 Å². The average molecular weight is 181 g/mol. The zero-order valence-corrected chi connectivity index (χ0v) is 9.38. The van der Waals surface area contributed by atoms with Gasteiger partial charge in [-0.2, -0.15) is 8.42 Å². The van der Waals surface area contributed by atoms with E-state index in [1.807, 2.05) is 26.0 Å². The van der Waals surface area contributed by atoms with Crippen LogP contribution in [0.4, 0.5) is 0 Å². The van der Waals surface area contributed by atoms with Gasteiger partial charge in [0, 0.05) is 0 Å². The summed E-state index contributed by atoms with van der Waals surface area (Å²) in [6, 6.07) is 0. The standard InChI is InChI=1S/C3H9N.Na.H2O4S.H/c1-4(2)3;;1-5(2,3)4;/h1-3H3;;(H2,1,2,3,4);/q;+1;;-1. The Balaban J connectivity index is -0.0000000383. The van der Waals surface area contributed by atoms with Crippen LogP contribution >= 0.6 is 0 Å². The van der Waals surface area contributed by atoms with Crippen LogP contribution in [0.1, 0.15) is 1.43 Å². The first kappa shape index (κ1) is 17.1. The average Bonchev–Trinajstić information content (AvgIpc) is 1.19. The van der Waals surface area contributed by atoms with E-state index in [2.05, 4.69) is 0 Å². The van der Waals surface area contributed by atoms with Gasteiger partial charge < -0.3 is 6.33 Å². The van der Waals surface area contributed by atoms with Crippen molar-refractivity contribution in [1.29, 1.82) is 0 Å². The molecule has 0 amide bonds. The molecule has 0 rings (SSSR count). The molecule has 0 aliphatic carbocycles. The monoisotopic (exact) mass is 181 g/mol. The van der Waals surface area contributed by atoms with E-state index in [0.29, 0.717) is 0 Å². The van der Waals surface area contributed by atoms with Crippen molar-refractivity contribution in [3.63, 3.8) is 0 Å². The third kappa shape index (κ3) is 786. The van der Waals surface area contributed by atoms with Gasteiger partial charge in [0.1, 0.15) is 0 Å². The Bertz CT molecular complexity index is 137. The summed E-state index contributed by atoms with van der Waals surface area (Å²) in [5, 5.41) is 0. The van der Waals surface area contributed by atoms with Gasteiger partial charge in [0.05, 0.1) is 0 Å². The third-order valence-corrected chi connectivity index (χ3v) is 0. The van der Waals surface area contributed by atoms with E-state index in [1.165, 1.54) is 0 Å². The predicted molar refractivity (Wildman–Crippen MR) is 34.9 cm³/mol. The Kier molecular flexibility index (Phi) is 13.5. The zero-order chi connectivity index (χ0) is 8.08. The fraction of sp³-hybridized carbons (Fsp3) is 1.00. The molecule has 0 saturated heterocycles. The van der Waals surface area contributed by atoms with Crippen LogP contribution in [-0.2, 0) is 10.4 Å². The van der Waals surface area contributed by atoms with Crippen LogP contribution in [0.5, 0.6) is 0 Å². The van der Waals surface area contributed by atoms with Crippen molar-refractivity contribution in [2.24, 2.45) is 0 Å². The Morgan fingerprint density at radius 2 is 1.20 bits per heavy atom. The molecule has 0 saturated carbocycles. The minimum Gasteiger partial charge on any atom is -1.00 e. The van der Waals surface area contributed by atoms with Crippen LogP contribution in [0.25, 0.3) is 0 Å². The van der Waals surface area contributed by atoms with Crippen LogP contribution < -0.4 is 29.6 Å². The first-order chi connectivity index (χ1) is 3.73. The van der Waals surface area contributed by atoms with Crippen molar-refractivity contribution in [2.45, 2.75) is 0 Å². The number of rotatable bonds is 0. The number of hydrogen-bond donors (Lipinski definition) is 2. The minimum atomic E-state index is -4.67. The summed E-state index contributed by atoms with van der Waals surface area (Å²) in [6.45, 7) is 0. The van der Waals surface area contributed by atoms with E-state index < -0.39 is 10.4 Å². The molecule has 60 valence electrons. The zero-order valence-electron chi connectivity index (χ0n) is 7.57. The van der Waals surface area contributed by atoms with Gasteiger partial charge in [-0.15, -0.1) is 0 Å². The molecule has 0 heterocycles. The largest absolute Gasteiger partial charge is 1.00 e. The van der Waals surface area contributed by atoms with E-state index in [4.69, 9.17) is 17.5 Å². The molecule has 0 aliphatic rings. The van der Waals surface area contributed by atoms with Crippen LogP contribution in [0.2, 0.25) is 0 Å². The molecule has 0 aromatic carbocycles. The summed E-state index contributed by atoms with van der Waals surface area (Å²) in [5.41, 5.74) is 0. The normalized spacial score (nSPS) is 9.40. The van der Waals surface area contributed by atoms with E-state index in [0.717, 1.165) is 0 Å². The molecule has 0 aliphatic heterocycles. The molecule has 2 N–H and O–H groups in total. The summed E-state index contributed by atoms with van der Waals surface area (Å²) in [5.74, 6) is 0. The summed E-state index contributed by atoms with van der Waals surface area (Å²) < 4.78 is 31.6. The van der Waals surface area contributed by atoms with Gasteiger partial charge in [0.25, 0.3) is 0 Å². The van der Waals surface area contributed by atoms with Gasteiger partial charge in [-0.3, -0.25) is 9.11 Å². The van der Waals surface area contributed by atoms with Crippen LogP contribution in [-0.4, -0.2) is 43.6 Å². The molecule has 0 bridgehead atoms. The molecular formula is C3H12NNaO4S. The fourth-order valence-corrected chi connectivity index (χ4v) is 0. The molecule has 0 aromatic heterocycles. The van der Waals surface area contributed by atoms with E-state index in [9.17, 15) is 0 Å². The molecule has 7 heteroatoms. The van der Waals surface area contributed by atoms with Crippen molar-refractivity contribution >= 4 is 10.4 Å². The first-order valence-corrected chi connectivity index (χ1v) is 3.44. The quantitative estimate of drug-likeness (QED) is 0.301. The molecule has 0 unspecified atom stereocenters. The van der Waals surface area contributed by atoms with Crippen molar-refractivity contribution in [2.75, 3.05) is 21.1 Å². The fourth-order valence-electron chi connectivity index (χ4n) is 0. The van der Waals surface area contributed by atoms with E-state index >= 15 is 0 Å². The second-order valence-corrected chi connectivity index (χ2v) is 2.69. The maximum Gasteiger partial charge on any atom is 1.00 e. The Labute approximate surface area is 84.8 Å². The second-order valence-electron chi connectivity index (χ2n) is 1.79. The van der Waals surface area contributed by atoms with Gasteiger partial charge in [0.2, 0.25) is 0 Å². The van der Waals surface area contributed by atoms with Gasteiger partial charge in [-0.1, -0.05) is 0 Å². The van der Waals surface area contributed by atoms with Gasteiger partial charge in [-0.25, -0.2) is 0 Å². The number of nitrogens with zero attached hydrogens (tertiary/aromatic N) is 1. The van der Waals surface area contributed by atoms with Crippen LogP contribution in [0, 0.1) is 0 Å². The SMILES string of the molecule is CN(C)C.O=S(=O)(O)O.[H-].[Na+]. The smallest absolute Gasteiger partial charge is 1.00 e. The topological polar surface area (TPSA) is 77.8 Å². The summed E-state index contributed by atoms with van der Waals surface area (Å²) in [4.78, 5) is 2.00. The Hall–Kier alpha value is 0.830. The van der Waals surface area contributed by atoms with Crippen molar-refractivity contribution in [1.82, 2.24) is 4.90 Å². The maximum absolute atomic E-state index is 8.74. The molecule has 0 spiro atoms. The van der Waals surface area contributed by atoms with E-state index in [1.54, 1.807) is 0 Å². The van der Waals surface area contributed by atoms with Gasteiger partial charge in [-0.05, 0) is 21.1 Å². The molecule has 0 atom stereocenters. The molecule has 10 heavy (non-hydrogen) atoms. The summed E-state index contributed by atoms with van der Waals surface area (Å²) in [6.07, 6.45) is 0. The van der Waals surface area contributed by atoms with Gasteiger partial charge >= 0.3 is 40.0 Å². The molecule has 0 radical (unpaired) electrons. The predicted octanol–water partition coefficient (Wildman–Crippen LogP) is -3.36. The first-order valence-electron chi connectivity index (χ1n) is 2.04. The minimum absolute atomic E-state index is 0. The molecule has 5 nitrogen and oxygen atoms in total.